The minimum atomic E-state index is -0.221. The van der Waals surface area contributed by atoms with E-state index in [1.807, 2.05) is 0 Å². The van der Waals surface area contributed by atoms with Crippen molar-refractivity contribution in [2.45, 2.75) is 64.7 Å². The van der Waals surface area contributed by atoms with Gasteiger partial charge in [-0.05, 0) is 80.0 Å². The second-order valence-corrected chi connectivity index (χ2v) is 9.36. The third kappa shape index (κ3) is 1.74. The van der Waals surface area contributed by atoms with Crippen molar-refractivity contribution in [3.8, 4) is 0 Å². The van der Waals surface area contributed by atoms with E-state index in [9.17, 15) is 10.2 Å². The van der Waals surface area contributed by atoms with Crippen LogP contribution in [0.15, 0.2) is 12.2 Å². The summed E-state index contributed by atoms with van der Waals surface area (Å²) in [5.74, 6) is 2.08. The summed E-state index contributed by atoms with van der Waals surface area (Å²) in [6, 6.07) is 0. The predicted octanol–water partition coefficient (Wildman–Crippen LogP) is 3.92. The van der Waals surface area contributed by atoms with Crippen LogP contribution in [0, 0.1) is 34.0 Å². The summed E-state index contributed by atoms with van der Waals surface area (Å²) in [4.78, 5) is 0. The molecule has 4 aliphatic rings. The van der Waals surface area contributed by atoms with Crippen LogP contribution in [-0.2, 0) is 0 Å². The van der Waals surface area contributed by atoms with Crippen molar-refractivity contribution in [3.05, 3.63) is 12.2 Å². The van der Waals surface area contributed by atoms with Gasteiger partial charge in [-0.25, -0.2) is 0 Å². The molecule has 2 N–H and O–H groups in total. The Balaban J connectivity index is 1.73. The molecule has 0 unspecified atom stereocenters. The van der Waals surface area contributed by atoms with Crippen LogP contribution < -0.4 is 0 Å². The molecule has 0 aliphatic heterocycles. The van der Waals surface area contributed by atoms with Crippen LogP contribution >= 0.6 is 0 Å². The van der Waals surface area contributed by atoms with Crippen LogP contribution in [0.2, 0.25) is 0 Å². The Labute approximate surface area is 135 Å². The predicted molar refractivity (Wildman–Crippen MR) is 88.3 cm³/mol. The normalized spacial score (nSPS) is 49.6. The summed E-state index contributed by atoms with van der Waals surface area (Å²) in [5, 5.41) is 20.2. The third-order valence-electron chi connectivity index (χ3n) is 8.63. The topological polar surface area (TPSA) is 40.5 Å². The van der Waals surface area contributed by atoms with E-state index in [1.165, 1.54) is 56.9 Å². The molecule has 2 heteroatoms. The van der Waals surface area contributed by atoms with Crippen LogP contribution in [0.25, 0.3) is 0 Å². The van der Waals surface area contributed by atoms with Crippen molar-refractivity contribution in [2.75, 3.05) is 13.2 Å². The smallest absolute Gasteiger partial charge is 0.0512 e. The van der Waals surface area contributed by atoms with Crippen molar-refractivity contribution in [1.29, 1.82) is 0 Å². The van der Waals surface area contributed by atoms with Gasteiger partial charge in [0, 0.05) is 5.41 Å². The fraction of sp³-hybridized carbons (Fsp3) is 0.900. The largest absolute Gasteiger partial charge is 0.396 e. The van der Waals surface area contributed by atoms with Gasteiger partial charge in [0.15, 0.2) is 0 Å². The van der Waals surface area contributed by atoms with Gasteiger partial charge in [-0.3, -0.25) is 0 Å². The summed E-state index contributed by atoms with van der Waals surface area (Å²) >= 11 is 0. The van der Waals surface area contributed by atoms with Crippen molar-refractivity contribution in [3.63, 3.8) is 0 Å². The number of aliphatic hydroxyl groups is 2. The quantitative estimate of drug-likeness (QED) is 0.759. The summed E-state index contributed by atoms with van der Waals surface area (Å²) in [5.41, 5.74) is 2.13. The lowest BCUT2D eigenvalue weighted by Crippen LogP contribution is -2.59. The Morgan fingerprint density at radius 3 is 2.55 bits per heavy atom. The zero-order valence-electron chi connectivity index (χ0n) is 14.1. The Hall–Kier alpha value is -0.340. The van der Waals surface area contributed by atoms with Crippen LogP contribution in [0.5, 0.6) is 0 Å². The standard InChI is InChI=1S/C20H32O2/c1-14-10-19-9-6-17-18(2,16(19)5-4-15(14)11-19)7-3-8-20(17,12-21)13-22/h15-17,21-22H,1,3-13H2,2H3/t15-,16+,17-,18+,19-/m0/s1. The first-order valence-electron chi connectivity index (χ1n) is 9.39. The van der Waals surface area contributed by atoms with Gasteiger partial charge in [0.05, 0.1) is 13.2 Å². The minimum absolute atomic E-state index is 0.165. The number of aliphatic hydroxyl groups excluding tert-OH is 2. The third-order valence-corrected chi connectivity index (χ3v) is 8.63. The molecule has 0 heterocycles. The minimum Gasteiger partial charge on any atom is -0.396 e. The van der Waals surface area contributed by atoms with Gasteiger partial charge in [-0.15, -0.1) is 0 Å². The molecule has 4 fully saturated rings. The lowest BCUT2D eigenvalue weighted by molar-refractivity contribution is -0.175. The molecule has 0 amide bonds. The Bertz CT molecular complexity index is 480. The van der Waals surface area contributed by atoms with Crippen LogP contribution in [0.4, 0.5) is 0 Å². The van der Waals surface area contributed by atoms with E-state index in [2.05, 4.69) is 13.5 Å². The second kappa shape index (κ2) is 4.83. The average molecular weight is 304 g/mol. The van der Waals surface area contributed by atoms with Crippen LogP contribution in [0.1, 0.15) is 64.7 Å². The zero-order valence-corrected chi connectivity index (χ0v) is 14.1. The van der Waals surface area contributed by atoms with E-state index in [0.29, 0.717) is 16.7 Å². The maximum Gasteiger partial charge on any atom is 0.0512 e. The highest BCUT2D eigenvalue weighted by atomic mass is 16.3. The second-order valence-electron chi connectivity index (χ2n) is 9.36. The first-order valence-corrected chi connectivity index (χ1v) is 9.39. The lowest BCUT2D eigenvalue weighted by atomic mass is 9.41. The zero-order chi connectivity index (χ0) is 15.6. The van der Waals surface area contributed by atoms with Crippen molar-refractivity contribution in [1.82, 2.24) is 0 Å². The van der Waals surface area contributed by atoms with Gasteiger partial charge < -0.3 is 10.2 Å². The number of hydrogen-bond donors (Lipinski definition) is 2. The first-order chi connectivity index (χ1) is 10.5. The molecule has 0 aromatic heterocycles. The van der Waals surface area contributed by atoms with Gasteiger partial charge in [-0.2, -0.15) is 0 Å². The highest BCUT2D eigenvalue weighted by Crippen LogP contribution is 2.72. The first kappa shape index (κ1) is 15.2. The van der Waals surface area contributed by atoms with E-state index < -0.39 is 0 Å². The van der Waals surface area contributed by atoms with Crippen LogP contribution in [-0.4, -0.2) is 23.4 Å². The van der Waals surface area contributed by atoms with Crippen molar-refractivity contribution in [2.24, 2.45) is 34.0 Å². The fourth-order valence-electron chi connectivity index (χ4n) is 7.73. The van der Waals surface area contributed by atoms with Crippen molar-refractivity contribution < 1.29 is 10.2 Å². The van der Waals surface area contributed by atoms with Gasteiger partial charge in [0.1, 0.15) is 0 Å². The molecule has 22 heavy (non-hydrogen) atoms. The molecule has 1 spiro atoms. The monoisotopic (exact) mass is 304 g/mol. The van der Waals surface area contributed by atoms with E-state index in [-0.39, 0.29) is 18.6 Å². The molecule has 5 atom stereocenters. The van der Waals surface area contributed by atoms with Gasteiger partial charge in [0.2, 0.25) is 0 Å². The molecule has 4 saturated carbocycles. The summed E-state index contributed by atoms with van der Waals surface area (Å²) in [6.45, 7) is 7.23. The van der Waals surface area contributed by atoms with Gasteiger partial charge in [-0.1, -0.05) is 25.5 Å². The molecule has 124 valence electrons. The number of fused-ring (bicyclic) bond motifs is 3. The van der Waals surface area contributed by atoms with Gasteiger partial charge in [0.25, 0.3) is 0 Å². The average Bonchev–Trinajstić information content (AvgIpc) is 2.75. The summed E-state index contributed by atoms with van der Waals surface area (Å²) in [6.07, 6.45) is 11.3. The fourth-order valence-corrected chi connectivity index (χ4v) is 7.73. The Morgan fingerprint density at radius 1 is 1.05 bits per heavy atom. The molecule has 0 saturated heterocycles. The molecular weight excluding hydrogens is 272 g/mol. The van der Waals surface area contributed by atoms with E-state index >= 15 is 0 Å². The Kier molecular flexibility index (Phi) is 3.34. The maximum absolute atomic E-state index is 10.1. The molecule has 2 bridgehead atoms. The highest BCUT2D eigenvalue weighted by molar-refractivity contribution is 5.22. The number of hydrogen-bond acceptors (Lipinski definition) is 2. The molecule has 0 radical (unpaired) electrons. The number of rotatable bonds is 2. The molecule has 2 nitrogen and oxygen atoms in total. The van der Waals surface area contributed by atoms with E-state index in [1.54, 1.807) is 0 Å². The maximum atomic E-state index is 10.1. The van der Waals surface area contributed by atoms with Crippen LogP contribution in [0.3, 0.4) is 0 Å². The highest BCUT2D eigenvalue weighted by Gasteiger charge is 2.64. The molecular formula is C20H32O2. The number of allylic oxidation sites excluding steroid dienone is 1. The molecule has 4 aliphatic carbocycles. The van der Waals surface area contributed by atoms with E-state index in [4.69, 9.17) is 0 Å². The SMILES string of the molecule is C=C1C[C@]23CC[C@@H]4C(CO)(CO)CCC[C@]4(C)[C@H]2CC[C@H]1C3. The Morgan fingerprint density at radius 2 is 1.82 bits per heavy atom. The lowest BCUT2D eigenvalue weighted by Gasteiger charge is -2.64. The van der Waals surface area contributed by atoms with Crippen molar-refractivity contribution >= 4 is 0 Å². The molecule has 0 aromatic carbocycles. The summed E-state index contributed by atoms with van der Waals surface area (Å²) < 4.78 is 0. The summed E-state index contributed by atoms with van der Waals surface area (Å²) in [7, 11) is 0. The van der Waals surface area contributed by atoms with E-state index in [0.717, 1.165) is 18.3 Å². The van der Waals surface area contributed by atoms with Gasteiger partial charge >= 0.3 is 0 Å². The molecule has 0 aromatic rings. The molecule has 4 rings (SSSR count).